The highest BCUT2D eigenvalue weighted by molar-refractivity contribution is 7.98. The number of aromatic nitrogens is 2. The number of hydrogen-bond donors (Lipinski definition) is 0. The Morgan fingerprint density at radius 3 is 2.76 bits per heavy atom. The molecular weight excluding hydrogens is 338 g/mol. The molecule has 0 unspecified atom stereocenters. The molecule has 0 amide bonds. The van der Waals surface area contributed by atoms with Gasteiger partial charge in [0.2, 0.25) is 5.88 Å². The molecular formula is C18H23N3O3S. The summed E-state index contributed by atoms with van der Waals surface area (Å²) in [5, 5.41) is 0.710. The predicted molar refractivity (Wildman–Crippen MR) is 98.8 cm³/mol. The maximum Gasteiger partial charge on any atom is 0.219 e. The van der Waals surface area contributed by atoms with E-state index in [2.05, 4.69) is 21.8 Å². The summed E-state index contributed by atoms with van der Waals surface area (Å²) in [5.41, 5.74) is 1.06. The Morgan fingerprint density at radius 1 is 1.28 bits per heavy atom. The molecule has 1 aliphatic rings. The third-order valence-electron chi connectivity index (χ3n) is 3.96. The van der Waals surface area contributed by atoms with E-state index in [4.69, 9.17) is 14.2 Å². The fourth-order valence-electron chi connectivity index (χ4n) is 2.63. The first kappa shape index (κ1) is 17.8. The van der Waals surface area contributed by atoms with Gasteiger partial charge in [0.15, 0.2) is 5.16 Å². The molecule has 2 aromatic rings. The Morgan fingerprint density at radius 2 is 2.08 bits per heavy atom. The summed E-state index contributed by atoms with van der Waals surface area (Å²) in [4.78, 5) is 11.3. The van der Waals surface area contributed by atoms with E-state index in [1.807, 2.05) is 36.6 Å². The number of thioether (sulfide) groups is 1. The molecule has 3 rings (SSSR count). The smallest absolute Gasteiger partial charge is 0.219 e. The quantitative estimate of drug-likeness (QED) is 0.579. The van der Waals surface area contributed by atoms with Crippen molar-refractivity contribution in [3.8, 4) is 11.6 Å². The number of ether oxygens (including phenoxy) is 3. The average molecular weight is 361 g/mol. The van der Waals surface area contributed by atoms with Crippen LogP contribution in [-0.2, 0) is 11.3 Å². The molecule has 7 heteroatoms. The van der Waals surface area contributed by atoms with Crippen LogP contribution in [-0.4, -0.2) is 49.1 Å². The molecule has 0 aliphatic carbocycles. The minimum atomic E-state index is 0.199. The highest BCUT2D eigenvalue weighted by Crippen LogP contribution is 2.24. The van der Waals surface area contributed by atoms with Crippen molar-refractivity contribution in [2.45, 2.75) is 24.8 Å². The summed E-state index contributed by atoms with van der Waals surface area (Å²) < 4.78 is 16.7. The maximum absolute atomic E-state index is 5.90. The molecule has 0 radical (unpaired) electrons. The summed E-state index contributed by atoms with van der Waals surface area (Å²) in [6.45, 7) is 4.88. The second kappa shape index (κ2) is 8.40. The number of hydrogen-bond acceptors (Lipinski definition) is 7. The third-order valence-corrected chi connectivity index (χ3v) is 4.51. The van der Waals surface area contributed by atoms with E-state index in [1.54, 1.807) is 7.11 Å². The lowest BCUT2D eigenvalue weighted by Crippen LogP contribution is -2.41. The zero-order valence-electron chi connectivity index (χ0n) is 14.8. The highest BCUT2D eigenvalue weighted by atomic mass is 32.2. The van der Waals surface area contributed by atoms with Gasteiger partial charge in [0, 0.05) is 19.2 Å². The molecule has 1 fully saturated rings. The molecule has 6 nitrogen and oxygen atoms in total. The normalized spacial score (nSPS) is 17.4. The van der Waals surface area contributed by atoms with Crippen molar-refractivity contribution < 1.29 is 14.2 Å². The Hall–Kier alpha value is -1.99. The van der Waals surface area contributed by atoms with E-state index in [9.17, 15) is 0 Å². The Kier molecular flexibility index (Phi) is 5.99. The Balaban J connectivity index is 1.72. The van der Waals surface area contributed by atoms with Crippen LogP contribution in [0.25, 0.3) is 0 Å². The molecule has 1 aromatic heterocycles. The van der Waals surface area contributed by atoms with E-state index in [-0.39, 0.29) is 6.10 Å². The van der Waals surface area contributed by atoms with Gasteiger partial charge in [-0.25, -0.2) is 4.98 Å². The van der Waals surface area contributed by atoms with Gasteiger partial charge in [-0.3, -0.25) is 0 Å². The fourth-order valence-corrected chi connectivity index (χ4v) is 2.99. The average Bonchev–Trinajstić information content (AvgIpc) is 2.66. The van der Waals surface area contributed by atoms with E-state index in [0.717, 1.165) is 30.2 Å². The number of nitrogens with zero attached hydrogens (tertiary/aromatic N) is 3. The lowest BCUT2D eigenvalue weighted by atomic mass is 10.2. The van der Waals surface area contributed by atoms with Crippen LogP contribution >= 0.6 is 11.8 Å². The second-order valence-corrected chi connectivity index (χ2v) is 6.59. The van der Waals surface area contributed by atoms with Crippen molar-refractivity contribution in [1.29, 1.82) is 0 Å². The summed E-state index contributed by atoms with van der Waals surface area (Å²) in [5.74, 6) is 2.31. The first-order valence-electron chi connectivity index (χ1n) is 8.23. The van der Waals surface area contributed by atoms with Gasteiger partial charge in [-0.1, -0.05) is 23.9 Å². The molecule has 0 N–H and O–H groups in total. The number of methoxy groups -OCH3 is 1. The van der Waals surface area contributed by atoms with Crippen LogP contribution in [0.15, 0.2) is 35.5 Å². The van der Waals surface area contributed by atoms with Gasteiger partial charge in [-0.2, -0.15) is 4.98 Å². The van der Waals surface area contributed by atoms with Crippen LogP contribution in [0, 0.1) is 0 Å². The zero-order valence-corrected chi connectivity index (χ0v) is 15.6. The second-order valence-electron chi connectivity index (χ2n) is 5.82. The van der Waals surface area contributed by atoms with E-state index in [0.29, 0.717) is 24.3 Å². The number of anilines is 1. The van der Waals surface area contributed by atoms with Crippen LogP contribution in [0.3, 0.4) is 0 Å². The molecule has 0 saturated carbocycles. The van der Waals surface area contributed by atoms with Gasteiger partial charge >= 0.3 is 0 Å². The van der Waals surface area contributed by atoms with Crippen molar-refractivity contribution in [3.63, 3.8) is 0 Å². The summed E-state index contributed by atoms with van der Waals surface area (Å²) >= 11 is 1.51. The van der Waals surface area contributed by atoms with Gasteiger partial charge in [0.05, 0.1) is 19.8 Å². The molecule has 25 heavy (non-hydrogen) atoms. The first-order valence-corrected chi connectivity index (χ1v) is 9.46. The predicted octanol–water partition coefficient (Wildman–Crippen LogP) is 3.01. The molecule has 134 valence electrons. The van der Waals surface area contributed by atoms with Crippen molar-refractivity contribution in [1.82, 2.24) is 9.97 Å². The minimum absolute atomic E-state index is 0.199. The fraction of sp³-hybridized carbons (Fsp3) is 0.444. The topological polar surface area (TPSA) is 56.7 Å². The van der Waals surface area contributed by atoms with Gasteiger partial charge < -0.3 is 19.1 Å². The van der Waals surface area contributed by atoms with Crippen LogP contribution < -0.4 is 14.4 Å². The third kappa shape index (κ3) is 4.76. The summed E-state index contributed by atoms with van der Waals surface area (Å²) in [6, 6.07) is 9.72. The van der Waals surface area contributed by atoms with Crippen molar-refractivity contribution in [2.75, 3.05) is 38.0 Å². The largest absolute Gasteiger partial charge is 0.497 e. The molecule has 0 bridgehead atoms. The molecule has 1 atom stereocenters. The van der Waals surface area contributed by atoms with Gasteiger partial charge in [0.25, 0.3) is 0 Å². The number of morpholine rings is 1. The van der Waals surface area contributed by atoms with E-state index in [1.165, 1.54) is 11.8 Å². The van der Waals surface area contributed by atoms with Crippen LogP contribution in [0.4, 0.5) is 5.82 Å². The standard InChI is InChI=1S/C18H23N3O3S/c1-13-11-21(8-9-23-13)16-10-17(20-18(19-16)25-3)24-12-14-4-6-15(22-2)7-5-14/h4-7,10,13H,8-9,11-12H2,1-3H3/t13-/m0/s1. The van der Waals surface area contributed by atoms with Crippen LogP contribution in [0.2, 0.25) is 0 Å². The van der Waals surface area contributed by atoms with Crippen LogP contribution in [0.5, 0.6) is 11.6 Å². The van der Waals surface area contributed by atoms with Gasteiger partial charge in [-0.05, 0) is 30.9 Å². The Bertz CT molecular complexity index is 696. The van der Waals surface area contributed by atoms with Gasteiger partial charge in [0.1, 0.15) is 18.2 Å². The first-order chi connectivity index (χ1) is 12.2. The maximum atomic E-state index is 5.90. The van der Waals surface area contributed by atoms with E-state index < -0.39 is 0 Å². The SMILES string of the molecule is COc1ccc(COc2cc(N3CCO[C@@H](C)C3)nc(SC)n2)cc1. The Labute approximate surface area is 152 Å². The zero-order chi connectivity index (χ0) is 17.6. The van der Waals surface area contributed by atoms with Crippen LogP contribution in [0.1, 0.15) is 12.5 Å². The highest BCUT2D eigenvalue weighted by Gasteiger charge is 2.19. The van der Waals surface area contributed by atoms with Crippen molar-refractivity contribution >= 4 is 17.6 Å². The van der Waals surface area contributed by atoms with Crippen molar-refractivity contribution in [3.05, 3.63) is 35.9 Å². The molecule has 2 heterocycles. The van der Waals surface area contributed by atoms with E-state index >= 15 is 0 Å². The lowest BCUT2D eigenvalue weighted by molar-refractivity contribution is 0.0528. The minimum Gasteiger partial charge on any atom is -0.497 e. The number of rotatable bonds is 6. The van der Waals surface area contributed by atoms with Gasteiger partial charge in [-0.15, -0.1) is 0 Å². The molecule has 1 aliphatic heterocycles. The monoisotopic (exact) mass is 361 g/mol. The lowest BCUT2D eigenvalue weighted by Gasteiger charge is -2.32. The summed E-state index contributed by atoms with van der Waals surface area (Å²) in [7, 11) is 1.66. The molecule has 1 saturated heterocycles. The van der Waals surface area contributed by atoms with Crippen molar-refractivity contribution in [2.24, 2.45) is 0 Å². The molecule has 0 spiro atoms. The number of benzene rings is 1. The molecule has 1 aromatic carbocycles. The summed E-state index contributed by atoms with van der Waals surface area (Å²) in [6.07, 6.45) is 2.17.